The third kappa shape index (κ3) is 5.11. The molecule has 2 heterocycles. The lowest BCUT2D eigenvalue weighted by Crippen LogP contribution is -2.47. The molecule has 1 aromatic carbocycles. The van der Waals surface area contributed by atoms with E-state index in [1.807, 2.05) is 43.3 Å². The maximum Gasteiger partial charge on any atom is 0.265 e. The predicted octanol–water partition coefficient (Wildman–Crippen LogP) is 2.75. The van der Waals surface area contributed by atoms with Crippen LogP contribution in [0.5, 0.6) is 5.75 Å². The maximum atomic E-state index is 12.9. The molecule has 2 amide bonds. The Hall–Kier alpha value is -2.38. The molecular weight excluding hydrogens is 374 g/mol. The minimum atomic E-state index is -0.0830. The van der Waals surface area contributed by atoms with Crippen LogP contribution >= 0.6 is 11.3 Å². The fraction of sp³-hybridized carbons (Fsp3) is 0.429. The lowest BCUT2D eigenvalue weighted by atomic mass is 10.0. The van der Waals surface area contributed by atoms with Gasteiger partial charge in [-0.05, 0) is 31.4 Å². The molecule has 28 heavy (non-hydrogen) atoms. The number of benzene rings is 1. The second-order valence-corrected chi connectivity index (χ2v) is 7.85. The maximum absolute atomic E-state index is 12.9. The topological polar surface area (TPSA) is 70.7 Å². The standard InChI is InChI=1S/C21H27N3O3S/c1-3-27-17-13-18(15-7-5-4-6-8-15)28-20(17)21(26)23-16-9-11-24(12-10-16)14-19(25)22-2/h4-8,13,16H,3,9-12,14H2,1-2H3,(H,22,25)(H,23,26). The molecule has 2 N–H and O–H groups in total. The van der Waals surface area contributed by atoms with Crippen molar-refractivity contribution < 1.29 is 14.3 Å². The first kappa shape index (κ1) is 20.4. The Morgan fingerprint density at radius 2 is 1.93 bits per heavy atom. The fourth-order valence-electron chi connectivity index (χ4n) is 3.31. The molecule has 0 unspecified atom stereocenters. The molecule has 1 saturated heterocycles. The number of rotatable bonds is 7. The number of ether oxygens (including phenoxy) is 1. The number of nitrogens with zero attached hydrogens (tertiary/aromatic N) is 1. The van der Waals surface area contributed by atoms with Gasteiger partial charge in [-0.2, -0.15) is 0 Å². The van der Waals surface area contributed by atoms with Crippen molar-refractivity contribution in [1.82, 2.24) is 15.5 Å². The highest BCUT2D eigenvalue weighted by Crippen LogP contribution is 2.36. The summed E-state index contributed by atoms with van der Waals surface area (Å²) >= 11 is 1.46. The van der Waals surface area contributed by atoms with Crippen LogP contribution in [-0.2, 0) is 4.79 Å². The highest BCUT2D eigenvalue weighted by molar-refractivity contribution is 7.17. The monoisotopic (exact) mass is 401 g/mol. The molecule has 0 saturated carbocycles. The fourth-order valence-corrected chi connectivity index (χ4v) is 4.32. The normalized spacial score (nSPS) is 15.2. The number of nitrogens with one attached hydrogen (secondary N) is 2. The van der Waals surface area contributed by atoms with Gasteiger partial charge in [-0.1, -0.05) is 30.3 Å². The van der Waals surface area contributed by atoms with Gasteiger partial charge >= 0.3 is 0 Å². The van der Waals surface area contributed by atoms with Crippen LogP contribution in [0.4, 0.5) is 0 Å². The van der Waals surface area contributed by atoms with Crippen molar-refractivity contribution in [3.05, 3.63) is 41.3 Å². The summed E-state index contributed by atoms with van der Waals surface area (Å²) in [5, 5.41) is 5.80. The van der Waals surface area contributed by atoms with Gasteiger partial charge in [-0.25, -0.2) is 0 Å². The summed E-state index contributed by atoms with van der Waals surface area (Å²) in [5.41, 5.74) is 1.08. The van der Waals surface area contributed by atoms with Gasteiger partial charge in [0.05, 0.1) is 13.2 Å². The van der Waals surface area contributed by atoms with E-state index in [9.17, 15) is 9.59 Å². The number of carbonyl (C=O) groups excluding carboxylic acids is 2. The summed E-state index contributed by atoms with van der Waals surface area (Å²) in [5.74, 6) is 0.581. The van der Waals surface area contributed by atoms with Crippen molar-refractivity contribution in [2.24, 2.45) is 0 Å². The highest BCUT2D eigenvalue weighted by Gasteiger charge is 2.25. The number of hydrogen-bond donors (Lipinski definition) is 2. The van der Waals surface area contributed by atoms with E-state index in [0.717, 1.165) is 36.4 Å². The molecule has 2 aromatic rings. The molecule has 7 heteroatoms. The highest BCUT2D eigenvalue weighted by atomic mass is 32.1. The quantitative estimate of drug-likeness (QED) is 0.748. The Morgan fingerprint density at radius 1 is 1.21 bits per heavy atom. The lowest BCUT2D eigenvalue weighted by molar-refractivity contribution is -0.122. The first-order valence-electron chi connectivity index (χ1n) is 9.66. The van der Waals surface area contributed by atoms with Gasteiger partial charge in [-0.15, -0.1) is 11.3 Å². The summed E-state index contributed by atoms with van der Waals surface area (Å²) in [4.78, 5) is 28.2. The first-order chi connectivity index (χ1) is 13.6. The molecule has 0 spiro atoms. The van der Waals surface area contributed by atoms with Gasteiger partial charge in [0.2, 0.25) is 5.91 Å². The van der Waals surface area contributed by atoms with Gasteiger partial charge in [-0.3, -0.25) is 14.5 Å². The molecule has 0 aliphatic carbocycles. The van der Waals surface area contributed by atoms with Crippen molar-refractivity contribution in [2.45, 2.75) is 25.8 Å². The largest absolute Gasteiger partial charge is 0.492 e. The van der Waals surface area contributed by atoms with E-state index >= 15 is 0 Å². The Morgan fingerprint density at radius 3 is 2.57 bits per heavy atom. The minimum absolute atomic E-state index is 0.0240. The lowest BCUT2D eigenvalue weighted by Gasteiger charge is -2.31. The Kier molecular flexibility index (Phi) is 7.06. The van der Waals surface area contributed by atoms with Gasteiger partial charge in [0, 0.05) is 31.1 Å². The van der Waals surface area contributed by atoms with E-state index in [1.165, 1.54) is 11.3 Å². The van der Waals surface area contributed by atoms with Crippen LogP contribution in [0.2, 0.25) is 0 Å². The average Bonchev–Trinajstić information content (AvgIpc) is 3.14. The van der Waals surface area contributed by atoms with Crippen molar-refractivity contribution in [3.8, 4) is 16.2 Å². The second kappa shape index (κ2) is 9.71. The number of amides is 2. The zero-order chi connectivity index (χ0) is 19.9. The number of carbonyl (C=O) groups is 2. The van der Waals surface area contributed by atoms with Crippen LogP contribution in [0.15, 0.2) is 36.4 Å². The van der Waals surface area contributed by atoms with Crippen LogP contribution in [0, 0.1) is 0 Å². The van der Waals surface area contributed by atoms with Crippen LogP contribution in [-0.4, -0.2) is 56.0 Å². The summed E-state index contributed by atoms with van der Waals surface area (Å²) < 4.78 is 5.72. The summed E-state index contributed by atoms with van der Waals surface area (Å²) in [6, 6.07) is 12.1. The van der Waals surface area contributed by atoms with Gasteiger partial charge in [0.1, 0.15) is 10.6 Å². The molecule has 1 fully saturated rings. The van der Waals surface area contributed by atoms with Gasteiger partial charge in [0.15, 0.2) is 0 Å². The second-order valence-electron chi connectivity index (χ2n) is 6.80. The van der Waals surface area contributed by atoms with Crippen LogP contribution in [0.3, 0.4) is 0 Å². The van der Waals surface area contributed by atoms with Crippen LogP contribution < -0.4 is 15.4 Å². The SMILES string of the molecule is CCOc1cc(-c2ccccc2)sc1C(=O)NC1CCN(CC(=O)NC)CC1. The number of likely N-dealkylation sites (N-methyl/N-ethyl adjacent to an activating group) is 1. The van der Waals surface area contributed by atoms with E-state index in [-0.39, 0.29) is 17.9 Å². The first-order valence-corrected chi connectivity index (χ1v) is 10.5. The molecule has 0 atom stereocenters. The number of thiophene rings is 1. The van der Waals surface area contributed by atoms with E-state index < -0.39 is 0 Å². The Labute approximate surface area is 169 Å². The summed E-state index contributed by atoms with van der Waals surface area (Å²) in [6.07, 6.45) is 1.67. The van der Waals surface area contributed by atoms with Crippen LogP contribution in [0.1, 0.15) is 29.4 Å². The number of hydrogen-bond acceptors (Lipinski definition) is 5. The molecule has 1 aromatic heterocycles. The van der Waals surface area contributed by atoms with Crippen molar-refractivity contribution in [3.63, 3.8) is 0 Å². The summed E-state index contributed by atoms with van der Waals surface area (Å²) in [6.45, 7) is 4.45. The van der Waals surface area contributed by atoms with Crippen LogP contribution in [0.25, 0.3) is 10.4 Å². The smallest absolute Gasteiger partial charge is 0.265 e. The van der Waals surface area contributed by atoms with E-state index in [2.05, 4.69) is 15.5 Å². The average molecular weight is 402 g/mol. The third-order valence-electron chi connectivity index (χ3n) is 4.83. The Bertz CT molecular complexity index is 798. The number of likely N-dealkylation sites (tertiary alicyclic amines) is 1. The van der Waals surface area contributed by atoms with Gasteiger partial charge in [0.25, 0.3) is 5.91 Å². The molecule has 1 aliphatic rings. The molecule has 0 bridgehead atoms. The number of piperidine rings is 1. The molecular formula is C21H27N3O3S. The Balaban J connectivity index is 1.64. The zero-order valence-electron chi connectivity index (χ0n) is 16.4. The third-order valence-corrected chi connectivity index (χ3v) is 6.00. The predicted molar refractivity (Wildman–Crippen MR) is 112 cm³/mol. The van der Waals surface area contributed by atoms with Crippen molar-refractivity contribution >= 4 is 23.2 Å². The molecule has 3 rings (SSSR count). The molecule has 0 radical (unpaired) electrons. The van der Waals surface area contributed by atoms with Crippen molar-refractivity contribution in [2.75, 3.05) is 33.3 Å². The van der Waals surface area contributed by atoms with Gasteiger partial charge < -0.3 is 15.4 Å². The molecule has 1 aliphatic heterocycles. The minimum Gasteiger partial charge on any atom is -0.492 e. The summed E-state index contributed by atoms with van der Waals surface area (Å²) in [7, 11) is 1.65. The van der Waals surface area contributed by atoms with E-state index in [0.29, 0.717) is 23.8 Å². The van der Waals surface area contributed by atoms with E-state index in [4.69, 9.17) is 4.74 Å². The van der Waals surface area contributed by atoms with Crippen molar-refractivity contribution in [1.29, 1.82) is 0 Å². The molecule has 6 nitrogen and oxygen atoms in total. The van der Waals surface area contributed by atoms with E-state index in [1.54, 1.807) is 7.05 Å². The molecule has 150 valence electrons. The zero-order valence-corrected chi connectivity index (χ0v) is 17.2.